The molecule has 28 heavy (non-hydrogen) atoms. The van der Waals surface area contributed by atoms with Gasteiger partial charge < -0.3 is 9.26 Å². The van der Waals surface area contributed by atoms with E-state index in [2.05, 4.69) is 5.16 Å². The van der Waals surface area contributed by atoms with E-state index in [1.165, 1.54) is 12.1 Å². The van der Waals surface area contributed by atoms with Crippen LogP contribution in [-0.4, -0.2) is 22.9 Å². The van der Waals surface area contributed by atoms with Crippen LogP contribution in [0.4, 0.5) is 5.69 Å². The van der Waals surface area contributed by atoms with Crippen molar-refractivity contribution >= 4 is 23.5 Å². The lowest BCUT2D eigenvalue weighted by molar-refractivity contribution is 0.0470. The molecular formula is C21H16N2O5. The van der Waals surface area contributed by atoms with Crippen LogP contribution in [0, 0.1) is 13.8 Å². The predicted octanol–water partition coefficient (Wildman–Crippen LogP) is 3.45. The van der Waals surface area contributed by atoms with E-state index in [9.17, 15) is 14.4 Å². The summed E-state index contributed by atoms with van der Waals surface area (Å²) < 4.78 is 10.3. The van der Waals surface area contributed by atoms with Crippen LogP contribution in [0.2, 0.25) is 0 Å². The van der Waals surface area contributed by atoms with Gasteiger partial charge in [0.1, 0.15) is 12.4 Å². The number of amides is 2. The van der Waals surface area contributed by atoms with E-state index in [0.717, 1.165) is 10.5 Å². The van der Waals surface area contributed by atoms with Gasteiger partial charge >= 0.3 is 5.97 Å². The summed E-state index contributed by atoms with van der Waals surface area (Å²) in [5, 5.41) is 3.82. The first-order chi connectivity index (χ1) is 13.5. The van der Waals surface area contributed by atoms with Crippen molar-refractivity contribution in [2.45, 2.75) is 20.5 Å². The molecule has 7 heteroatoms. The number of carbonyl (C=O) groups is 3. The second-order valence-corrected chi connectivity index (χ2v) is 6.42. The van der Waals surface area contributed by atoms with Crippen molar-refractivity contribution in [3.8, 4) is 0 Å². The fourth-order valence-corrected chi connectivity index (χ4v) is 3.10. The molecule has 2 amide bonds. The lowest BCUT2D eigenvalue weighted by atomic mass is 10.1. The molecule has 0 fully saturated rings. The third-order valence-electron chi connectivity index (χ3n) is 4.68. The van der Waals surface area contributed by atoms with E-state index in [4.69, 9.17) is 9.26 Å². The number of hydrogen-bond acceptors (Lipinski definition) is 6. The minimum Gasteiger partial charge on any atom is -0.457 e. The Bertz CT molecular complexity index is 1040. The van der Waals surface area contributed by atoms with E-state index in [-0.39, 0.29) is 18.4 Å². The average Bonchev–Trinajstić information content (AvgIpc) is 3.16. The number of aromatic nitrogens is 1. The highest BCUT2D eigenvalue weighted by Gasteiger charge is 2.36. The molecule has 0 aliphatic carbocycles. The van der Waals surface area contributed by atoms with E-state index < -0.39 is 5.97 Å². The first-order valence-corrected chi connectivity index (χ1v) is 8.64. The van der Waals surface area contributed by atoms with Crippen LogP contribution in [-0.2, 0) is 11.3 Å². The summed E-state index contributed by atoms with van der Waals surface area (Å²) in [6, 6.07) is 12.8. The molecule has 1 aliphatic heterocycles. The lowest BCUT2D eigenvalue weighted by Crippen LogP contribution is -2.29. The number of fused-ring (bicyclic) bond motifs is 1. The van der Waals surface area contributed by atoms with Crippen LogP contribution in [0.3, 0.4) is 0 Å². The van der Waals surface area contributed by atoms with Gasteiger partial charge in [0.2, 0.25) is 0 Å². The van der Waals surface area contributed by atoms with Gasteiger partial charge in [-0.3, -0.25) is 9.59 Å². The Hall–Kier alpha value is -3.74. The van der Waals surface area contributed by atoms with Crippen LogP contribution < -0.4 is 4.90 Å². The number of rotatable bonds is 4. The third-order valence-corrected chi connectivity index (χ3v) is 4.68. The Kier molecular flexibility index (Phi) is 4.27. The molecule has 4 rings (SSSR count). The second-order valence-electron chi connectivity index (χ2n) is 6.42. The molecule has 140 valence electrons. The highest BCUT2D eigenvalue weighted by molar-refractivity contribution is 6.34. The molecule has 0 unspecified atom stereocenters. The van der Waals surface area contributed by atoms with Crippen molar-refractivity contribution in [2.75, 3.05) is 4.90 Å². The van der Waals surface area contributed by atoms with Crippen molar-refractivity contribution in [3.63, 3.8) is 0 Å². The number of imide groups is 1. The van der Waals surface area contributed by atoms with Gasteiger partial charge in [-0.05, 0) is 50.2 Å². The van der Waals surface area contributed by atoms with Crippen molar-refractivity contribution in [1.82, 2.24) is 5.16 Å². The van der Waals surface area contributed by atoms with Gasteiger partial charge in [0.05, 0.1) is 33.6 Å². The zero-order chi connectivity index (χ0) is 19.8. The Morgan fingerprint density at radius 2 is 1.61 bits per heavy atom. The molecule has 2 aromatic carbocycles. The Balaban J connectivity index is 1.49. The molecule has 7 nitrogen and oxygen atoms in total. The van der Waals surface area contributed by atoms with Crippen LogP contribution >= 0.6 is 0 Å². The average molecular weight is 376 g/mol. The molecule has 0 saturated carbocycles. The second kappa shape index (κ2) is 6.77. The number of nitrogens with zero attached hydrogens (tertiary/aromatic N) is 2. The maximum atomic E-state index is 12.5. The smallest absolute Gasteiger partial charge is 0.338 e. The van der Waals surface area contributed by atoms with Crippen LogP contribution in [0.25, 0.3) is 0 Å². The van der Waals surface area contributed by atoms with Gasteiger partial charge in [-0.1, -0.05) is 17.3 Å². The van der Waals surface area contributed by atoms with E-state index >= 15 is 0 Å². The first kappa shape index (κ1) is 17.7. The number of carbonyl (C=O) groups excluding carboxylic acids is 3. The summed E-state index contributed by atoms with van der Waals surface area (Å²) >= 11 is 0. The van der Waals surface area contributed by atoms with Gasteiger partial charge in [-0.25, -0.2) is 9.69 Å². The molecule has 1 aliphatic rings. The largest absolute Gasteiger partial charge is 0.457 e. The molecule has 0 N–H and O–H groups in total. The number of esters is 1. The van der Waals surface area contributed by atoms with Gasteiger partial charge in [-0.2, -0.15) is 0 Å². The van der Waals surface area contributed by atoms with Crippen molar-refractivity contribution in [1.29, 1.82) is 0 Å². The Labute approximate surface area is 160 Å². The van der Waals surface area contributed by atoms with Gasteiger partial charge in [0, 0.05) is 0 Å². The molecule has 0 saturated heterocycles. The highest BCUT2D eigenvalue weighted by atomic mass is 16.5. The summed E-state index contributed by atoms with van der Waals surface area (Å²) in [5.41, 5.74) is 2.86. The predicted molar refractivity (Wildman–Crippen MR) is 99.1 cm³/mol. The molecule has 0 bridgehead atoms. The Morgan fingerprint density at radius 1 is 1.00 bits per heavy atom. The first-order valence-electron chi connectivity index (χ1n) is 8.64. The fraction of sp³-hybridized carbons (Fsp3) is 0.143. The molecule has 3 aromatic rings. The number of aryl methyl sites for hydroxylation is 2. The SMILES string of the molecule is Cc1noc(C)c1COC(=O)c1ccc(N2C(=O)c3ccccc3C2=O)cc1. The molecule has 0 atom stereocenters. The van der Waals surface area contributed by atoms with Crippen LogP contribution in [0.15, 0.2) is 53.1 Å². The number of benzene rings is 2. The molecule has 0 spiro atoms. The summed E-state index contributed by atoms with van der Waals surface area (Å²) in [6.07, 6.45) is 0. The zero-order valence-corrected chi connectivity index (χ0v) is 15.3. The van der Waals surface area contributed by atoms with Crippen LogP contribution in [0.1, 0.15) is 48.1 Å². The number of ether oxygens (including phenoxy) is 1. The normalized spacial score (nSPS) is 13.0. The number of hydrogen-bond donors (Lipinski definition) is 0. The molecule has 2 heterocycles. The maximum absolute atomic E-state index is 12.5. The summed E-state index contributed by atoms with van der Waals surface area (Å²) in [5.74, 6) is -0.677. The lowest BCUT2D eigenvalue weighted by Gasteiger charge is -2.14. The molecule has 1 aromatic heterocycles. The number of anilines is 1. The Morgan fingerprint density at radius 3 is 2.14 bits per heavy atom. The van der Waals surface area contributed by atoms with Gasteiger partial charge in [-0.15, -0.1) is 0 Å². The van der Waals surface area contributed by atoms with Crippen LogP contribution in [0.5, 0.6) is 0 Å². The van der Waals surface area contributed by atoms with Gasteiger partial charge in [0.25, 0.3) is 11.8 Å². The van der Waals surface area contributed by atoms with Crippen molar-refractivity contribution in [2.24, 2.45) is 0 Å². The summed E-state index contributed by atoms with van der Waals surface area (Å²) in [6.45, 7) is 3.58. The van der Waals surface area contributed by atoms with E-state index in [0.29, 0.717) is 33.8 Å². The monoisotopic (exact) mass is 376 g/mol. The van der Waals surface area contributed by atoms with Gasteiger partial charge in [0.15, 0.2) is 0 Å². The quantitative estimate of drug-likeness (QED) is 0.512. The van der Waals surface area contributed by atoms with E-state index in [1.807, 2.05) is 0 Å². The standard InChI is InChI=1S/C21H16N2O5/c1-12-18(13(2)28-22-12)11-27-21(26)14-7-9-15(10-8-14)23-19(24)16-5-3-4-6-17(16)20(23)25/h3-10H,11H2,1-2H3. The maximum Gasteiger partial charge on any atom is 0.338 e. The van der Waals surface area contributed by atoms with E-state index in [1.54, 1.807) is 50.2 Å². The van der Waals surface area contributed by atoms with Crippen molar-refractivity contribution < 1.29 is 23.6 Å². The summed E-state index contributed by atoms with van der Waals surface area (Å²) in [4.78, 5) is 38.4. The summed E-state index contributed by atoms with van der Waals surface area (Å²) in [7, 11) is 0. The molecular weight excluding hydrogens is 360 g/mol. The topological polar surface area (TPSA) is 89.7 Å². The zero-order valence-electron chi connectivity index (χ0n) is 15.3. The third kappa shape index (κ3) is 2.87. The fourth-order valence-electron chi connectivity index (χ4n) is 3.10. The van der Waals surface area contributed by atoms with Crippen molar-refractivity contribution in [3.05, 3.63) is 82.2 Å². The molecule has 0 radical (unpaired) electrons. The minimum absolute atomic E-state index is 0.0557. The highest BCUT2D eigenvalue weighted by Crippen LogP contribution is 2.28. The minimum atomic E-state index is -0.520.